The van der Waals surface area contributed by atoms with E-state index in [4.69, 9.17) is 11.6 Å². The van der Waals surface area contributed by atoms with Crippen molar-refractivity contribution in [3.05, 3.63) is 0 Å². The zero-order valence-corrected chi connectivity index (χ0v) is 5.52. The van der Waals surface area contributed by atoms with Crippen molar-refractivity contribution in [3.8, 4) is 0 Å². The van der Waals surface area contributed by atoms with Gasteiger partial charge in [-0.05, 0) is 18.0 Å². The summed E-state index contributed by atoms with van der Waals surface area (Å²) in [7, 11) is 0. The number of hydrogen-bond acceptors (Lipinski definition) is 3. The number of hydrogen-bond donors (Lipinski definition) is 0. The van der Waals surface area contributed by atoms with E-state index < -0.39 is 5.24 Å². The lowest BCUT2D eigenvalue weighted by Gasteiger charge is -1.85. The fraction of sp³-hybridized carbons (Fsp3) is 0.600. The smallest absolute Gasteiger partial charge is 0.234 e. The molecule has 3 nitrogen and oxygen atoms in total. The number of nitrogens with zero attached hydrogens (tertiary/aromatic N) is 1. The summed E-state index contributed by atoms with van der Waals surface area (Å²) in [5.41, 5.74) is 0. The molecule has 0 atom stereocenters. The van der Waals surface area contributed by atoms with Gasteiger partial charge < -0.3 is 0 Å². The zero-order valence-electron chi connectivity index (χ0n) is 4.76. The molecule has 0 aliphatic rings. The Labute approximate surface area is 57.7 Å². The molecular formula is C5H6ClNO2. The van der Waals surface area contributed by atoms with Crippen LogP contribution in [0.25, 0.3) is 0 Å². The van der Waals surface area contributed by atoms with E-state index in [-0.39, 0.29) is 6.42 Å². The highest BCUT2D eigenvalue weighted by molar-refractivity contribution is 6.63. The average Bonchev–Trinajstić information content (AvgIpc) is 1.80. The Morgan fingerprint density at radius 1 is 1.67 bits per heavy atom. The van der Waals surface area contributed by atoms with E-state index in [1.54, 1.807) is 0 Å². The third-order valence-corrected chi connectivity index (χ3v) is 0.897. The molecule has 0 rings (SSSR count). The first-order chi connectivity index (χ1) is 4.27. The Bertz CT molecular complexity index is 138. The Hall–Kier alpha value is -0.660. The molecule has 0 N–H and O–H groups in total. The second kappa shape index (κ2) is 5.48. The van der Waals surface area contributed by atoms with Crippen LogP contribution in [0.3, 0.4) is 0 Å². The maximum atomic E-state index is 10.0. The van der Waals surface area contributed by atoms with Gasteiger partial charge in [0.05, 0.1) is 6.54 Å². The lowest BCUT2D eigenvalue weighted by atomic mass is 10.3. The SMILES string of the molecule is O=C=NCCCC(=O)Cl. The van der Waals surface area contributed by atoms with Crippen molar-refractivity contribution in [2.24, 2.45) is 4.99 Å². The Morgan fingerprint density at radius 2 is 2.33 bits per heavy atom. The van der Waals surface area contributed by atoms with Gasteiger partial charge in [0.25, 0.3) is 0 Å². The Kier molecular flexibility index (Phi) is 5.07. The second-order valence-electron chi connectivity index (χ2n) is 1.43. The predicted octanol–water partition coefficient (Wildman–Crippen LogP) is 0.868. The molecule has 0 amide bonds. The first kappa shape index (κ1) is 8.34. The minimum Gasteiger partial charge on any atom is -0.281 e. The standard InChI is InChI=1S/C5H6ClNO2/c6-5(9)2-1-3-7-4-8/h1-3H2. The maximum absolute atomic E-state index is 10.0. The predicted molar refractivity (Wildman–Crippen MR) is 33.1 cm³/mol. The summed E-state index contributed by atoms with van der Waals surface area (Å²) in [6, 6.07) is 0. The van der Waals surface area contributed by atoms with Gasteiger partial charge in [-0.25, -0.2) is 9.79 Å². The molecule has 0 aromatic carbocycles. The van der Waals surface area contributed by atoms with Crippen molar-refractivity contribution >= 4 is 22.9 Å². The summed E-state index contributed by atoms with van der Waals surface area (Å²) in [4.78, 5) is 22.7. The van der Waals surface area contributed by atoms with Crippen molar-refractivity contribution in [2.75, 3.05) is 6.54 Å². The third kappa shape index (κ3) is 7.34. The van der Waals surface area contributed by atoms with Crippen LogP contribution in [0.2, 0.25) is 0 Å². The molecule has 0 saturated carbocycles. The topological polar surface area (TPSA) is 46.5 Å². The fourth-order valence-corrected chi connectivity index (χ4v) is 0.476. The molecule has 0 aromatic heterocycles. The molecule has 4 heteroatoms. The van der Waals surface area contributed by atoms with Gasteiger partial charge >= 0.3 is 0 Å². The molecule has 0 radical (unpaired) electrons. The molecule has 0 bridgehead atoms. The normalized spacial score (nSPS) is 8.11. The number of aliphatic imine (C=N–C) groups is 1. The highest BCUT2D eigenvalue weighted by atomic mass is 35.5. The van der Waals surface area contributed by atoms with Gasteiger partial charge in [0.2, 0.25) is 11.3 Å². The number of rotatable bonds is 4. The molecule has 0 fully saturated rings. The summed E-state index contributed by atoms with van der Waals surface area (Å²) in [6.45, 7) is 0.335. The highest BCUT2D eigenvalue weighted by Gasteiger charge is 1.92. The molecule has 0 aromatic rings. The Balaban J connectivity index is 3.10. The van der Waals surface area contributed by atoms with Crippen LogP contribution in [-0.4, -0.2) is 17.9 Å². The number of halogens is 1. The lowest BCUT2D eigenvalue weighted by Crippen LogP contribution is -1.87. The molecule has 0 saturated heterocycles. The van der Waals surface area contributed by atoms with Crippen molar-refractivity contribution in [1.29, 1.82) is 0 Å². The first-order valence-corrected chi connectivity index (χ1v) is 2.87. The molecule has 50 valence electrons. The van der Waals surface area contributed by atoms with Crippen LogP contribution in [0.1, 0.15) is 12.8 Å². The molecule has 0 unspecified atom stereocenters. The molecular weight excluding hydrogens is 142 g/mol. The summed E-state index contributed by atoms with van der Waals surface area (Å²) in [5.74, 6) is 0. The van der Waals surface area contributed by atoms with E-state index in [2.05, 4.69) is 4.99 Å². The van der Waals surface area contributed by atoms with Crippen molar-refractivity contribution in [1.82, 2.24) is 0 Å². The third-order valence-electron chi connectivity index (χ3n) is 0.708. The van der Waals surface area contributed by atoms with Crippen LogP contribution in [0.5, 0.6) is 0 Å². The van der Waals surface area contributed by atoms with Gasteiger partial charge in [-0.2, -0.15) is 0 Å². The van der Waals surface area contributed by atoms with Gasteiger partial charge in [0.15, 0.2) is 0 Å². The average molecular weight is 148 g/mol. The monoisotopic (exact) mass is 147 g/mol. The van der Waals surface area contributed by atoms with E-state index in [9.17, 15) is 9.59 Å². The molecule has 0 heterocycles. The molecule has 0 spiro atoms. The van der Waals surface area contributed by atoms with Crippen LogP contribution in [0, 0.1) is 0 Å². The number of isocyanates is 1. The Morgan fingerprint density at radius 3 is 2.78 bits per heavy atom. The minimum absolute atomic E-state index is 0.271. The van der Waals surface area contributed by atoms with Crippen LogP contribution >= 0.6 is 11.6 Å². The van der Waals surface area contributed by atoms with E-state index >= 15 is 0 Å². The van der Waals surface area contributed by atoms with Gasteiger partial charge in [0.1, 0.15) is 0 Å². The van der Waals surface area contributed by atoms with Gasteiger partial charge in [-0.1, -0.05) is 0 Å². The van der Waals surface area contributed by atoms with Gasteiger partial charge in [0, 0.05) is 6.42 Å². The van der Waals surface area contributed by atoms with Crippen LogP contribution in [0.15, 0.2) is 4.99 Å². The van der Waals surface area contributed by atoms with Crippen LogP contribution in [-0.2, 0) is 9.59 Å². The zero-order chi connectivity index (χ0) is 7.11. The minimum atomic E-state index is -0.393. The summed E-state index contributed by atoms with van der Waals surface area (Å²) >= 11 is 4.98. The van der Waals surface area contributed by atoms with E-state index in [1.807, 2.05) is 0 Å². The van der Waals surface area contributed by atoms with Crippen molar-refractivity contribution in [3.63, 3.8) is 0 Å². The van der Waals surface area contributed by atoms with E-state index in [0.29, 0.717) is 13.0 Å². The molecule has 0 aliphatic carbocycles. The quantitative estimate of drug-likeness (QED) is 0.256. The lowest BCUT2D eigenvalue weighted by molar-refractivity contribution is -0.111. The van der Waals surface area contributed by atoms with Gasteiger partial charge in [-0.3, -0.25) is 4.79 Å². The van der Waals surface area contributed by atoms with Crippen LogP contribution in [0.4, 0.5) is 0 Å². The summed E-state index contributed by atoms with van der Waals surface area (Å²) in [6.07, 6.45) is 2.16. The second-order valence-corrected chi connectivity index (χ2v) is 1.85. The van der Waals surface area contributed by atoms with Crippen molar-refractivity contribution < 1.29 is 9.59 Å². The van der Waals surface area contributed by atoms with Crippen LogP contribution < -0.4 is 0 Å². The number of carbonyl (C=O) groups is 1. The number of carbonyl (C=O) groups excluding carboxylic acids is 2. The first-order valence-electron chi connectivity index (χ1n) is 2.49. The van der Waals surface area contributed by atoms with E-state index in [0.717, 1.165) is 0 Å². The summed E-state index contributed by atoms with van der Waals surface area (Å²) in [5, 5.41) is -0.393. The largest absolute Gasteiger partial charge is 0.281 e. The maximum Gasteiger partial charge on any atom is 0.234 e. The van der Waals surface area contributed by atoms with E-state index in [1.165, 1.54) is 6.08 Å². The molecule has 0 aliphatic heterocycles. The fourth-order valence-electron chi connectivity index (χ4n) is 0.343. The molecule has 9 heavy (non-hydrogen) atoms. The highest BCUT2D eigenvalue weighted by Crippen LogP contribution is 1.93. The summed E-state index contributed by atoms with van der Waals surface area (Å²) < 4.78 is 0. The van der Waals surface area contributed by atoms with Gasteiger partial charge in [-0.15, -0.1) is 0 Å². The van der Waals surface area contributed by atoms with Crippen molar-refractivity contribution in [2.45, 2.75) is 12.8 Å².